The van der Waals surface area contributed by atoms with Crippen LogP contribution in [0, 0.1) is 5.82 Å². The van der Waals surface area contributed by atoms with Crippen LogP contribution in [0.3, 0.4) is 0 Å². The monoisotopic (exact) mass is 285 g/mol. The molecule has 2 aromatic rings. The largest absolute Gasteiger partial charge is 0.475 e. The van der Waals surface area contributed by atoms with Crippen molar-refractivity contribution in [1.82, 2.24) is 5.16 Å². The average molecular weight is 286 g/mol. The predicted molar refractivity (Wildman–Crippen MR) is 64.6 cm³/mol. The van der Waals surface area contributed by atoms with Gasteiger partial charge in [-0.05, 0) is 17.7 Å². The lowest BCUT2D eigenvalue weighted by Gasteiger charge is -2.05. The van der Waals surface area contributed by atoms with Crippen LogP contribution in [-0.2, 0) is 11.3 Å². The molecule has 0 bridgehead atoms. The van der Waals surface area contributed by atoms with Gasteiger partial charge in [-0.3, -0.25) is 0 Å². The van der Waals surface area contributed by atoms with Crippen molar-refractivity contribution in [3.05, 3.63) is 40.4 Å². The molecule has 0 saturated heterocycles. The van der Waals surface area contributed by atoms with Crippen LogP contribution in [0.25, 0.3) is 11.3 Å². The Morgan fingerprint density at radius 3 is 2.84 bits per heavy atom. The van der Waals surface area contributed by atoms with E-state index in [1.54, 1.807) is 0 Å². The lowest BCUT2D eigenvalue weighted by atomic mass is 10.1. The molecule has 0 aliphatic carbocycles. The Kier molecular flexibility index (Phi) is 3.82. The van der Waals surface area contributed by atoms with Gasteiger partial charge < -0.3 is 14.4 Å². The highest BCUT2D eigenvalue weighted by Crippen LogP contribution is 2.29. The first kappa shape index (κ1) is 13.5. The SMILES string of the molecule is COCc1cc(Cl)c(F)c(-c2cc(C(=O)O)on2)c1. The van der Waals surface area contributed by atoms with Crippen LogP contribution in [0.4, 0.5) is 4.39 Å². The molecule has 1 N–H and O–H groups in total. The molecule has 0 amide bonds. The fourth-order valence-electron chi connectivity index (χ4n) is 1.58. The summed E-state index contributed by atoms with van der Waals surface area (Å²) < 4.78 is 23.4. The van der Waals surface area contributed by atoms with E-state index < -0.39 is 11.8 Å². The van der Waals surface area contributed by atoms with E-state index in [0.717, 1.165) is 6.07 Å². The van der Waals surface area contributed by atoms with Crippen molar-refractivity contribution in [1.29, 1.82) is 0 Å². The Labute approximate surface area is 112 Å². The number of methoxy groups -OCH3 is 1. The van der Waals surface area contributed by atoms with Gasteiger partial charge in [-0.2, -0.15) is 0 Å². The summed E-state index contributed by atoms with van der Waals surface area (Å²) in [5.41, 5.74) is 0.773. The van der Waals surface area contributed by atoms with Crippen molar-refractivity contribution < 1.29 is 23.6 Å². The molecule has 1 aromatic heterocycles. The average Bonchev–Trinajstić information content (AvgIpc) is 2.83. The van der Waals surface area contributed by atoms with Gasteiger partial charge in [0.25, 0.3) is 0 Å². The summed E-state index contributed by atoms with van der Waals surface area (Å²) in [6, 6.07) is 4.05. The minimum absolute atomic E-state index is 0.0646. The normalized spacial score (nSPS) is 10.7. The standard InChI is InChI=1S/C12H9ClFNO4/c1-18-5-6-2-7(11(14)8(13)3-6)9-4-10(12(16)17)19-15-9/h2-4H,5H2,1H3,(H,16,17). The highest BCUT2D eigenvalue weighted by Gasteiger charge is 2.17. The first-order valence-corrected chi connectivity index (χ1v) is 5.58. The fraction of sp³-hybridized carbons (Fsp3) is 0.167. The van der Waals surface area contributed by atoms with E-state index >= 15 is 0 Å². The zero-order chi connectivity index (χ0) is 14.0. The van der Waals surface area contributed by atoms with Gasteiger partial charge in [0, 0.05) is 18.7 Å². The Balaban J connectivity index is 2.50. The molecule has 0 unspecified atom stereocenters. The summed E-state index contributed by atoms with van der Waals surface area (Å²) in [5, 5.41) is 12.2. The number of aromatic carboxylic acids is 1. The van der Waals surface area contributed by atoms with Crippen molar-refractivity contribution in [2.75, 3.05) is 7.11 Å². The quantitative estimate of drug-likeness (QED) is 0.935. The maximum atomic E-state index is 13.9. The van der Waals surface area contributed by atoms with Crippen molar-refractivity contribution in [2.24, 2.45) is 0 Å². The Morgan fingerprint density at radius 2 is 2.26 bits per heavy atom. The van der Waals surface area contributed by atoms with E-state index in [1.807, 2.05) is 0 Å². The topological polar surface area (TPSA) is 72.6 Å². The molecule has 0 saturated carbocycles. The van der Waals surface area contributed by atoms with Crippen LogP contribution in [0.15, 0.2) is 22.7 Å². The first-order valence-electron chi connectivity index (χ1n) is 5.20. The van der Waals surface area contributed by atoms with Gasteiger partial charge in [-0.25, -0.2) is 9.18 Å². The highest BCUT2D eigenvalue weighted by atomic mass is 35.5. The predicted octanol–water partition coefficient (Wildman–Crippen LogP) is 2.98. The number of ether oxygens (including phenoxy) is 1. The van der Waals surface area contributed by atoms with Crippen LogP contribution in [0.2, 0.25) is 5.02 Å². The molecule has 0 fully saturated rings. The molecule has 1 heterocycles. The van der Waals surface area contributed by atoms with E-state index in [2.05, 4.69) is 9.68 Å². The Bertz CT molecular complexity index is 626. The number of halogens is 2. The van der Waals surface area contributed by atoms with Crippen LogP contribution in [-0.4, -0.2) is 23.3 Å². The molecule has 7 heteroatoms. The first-order chi connectivity index (χ1) is 9.02. The third-order valence-corrected chi connectivity index (χ3v) is 2.67. The number of hydrogen-bond donors (Lipinski definition) is 1. The van der Waals surface area contributed by atoms with Crippen molar-refractivity contribution in [3.63, 3.8) is 0 Å². The zero-order valence-electron chi connectivity index (χ0n) is 9.81. The number of carbonyl (C=O) groups is 1. The fourth-order valence-corrected chi connectivity index (χ4v) is 1.83. The van der Waals surface area contributed by atoms with E-state index in [1.165, 1.54) is 19.2 Å². The van der Waals surface area contributed by atoms with E-state index in [0.29, 0.717) is 5.56 Å². The number of nitrogens with zero attached hydrogens (tertiary/aromatic N) is 1. The highest BCUT2D eigenvalue weighted by molar-refractivity contribution is 6.31. The van der Waals surface area contributed by atoms with Gasteiger partial charge in [0.1, 0.15) is 5.69 Å². The summed E-state index contributed by atoms with van der Waals surface area (Å²) >= 11 is 5.77. The van der Waals surface area contributed by atoms with Crippen LogP contribution < -0.4 is 0 Å². The number of hydrogen-bond acceptors (Lipinski definition) is 4. The molecule has 5 nitrogen and oxygen atoms in total. The van der Waals surface area contributed by atoms with Gasteiger partial charge in [0.2, 0.25) is 5.76 Å². The summed E-state index contributed by atoms with van der Waals surface area (Å²) in [4.78, 5) is 10.7. The van der Waals surface area contributed by atoms with Gasteiger partial charge in [0.05, 0.1) is 11.6 Å². The van der Waals surface area contributed by atoms with E-state index in [-0.39, 0.29) is 28.6 Å². The molecule has 0 radical (unpaired) electrons. The summed E-state index contributed by atoms with van der Waals surface area (Å²) in [7, 11) is 1.50. The Hall–Kier alpha value is -1.92. The number of carboxylic acid groups (broad SMARTS) is 1. The molecule has 1 aromatic carbocycles. The molecule has 19 heavy (non-hydrogen) atoms. The molecular formula is C12H9ClFNO4. The van der Waals surface area contributed by atoms with Crippen LogP contribution >= 0.6 is 11.6 Å². The number of aromatic nitrogens is 1. The van der Waals surface area contributed by atoms with Crippen molar-refractivity contribution in [2.45, 2.75) is 6.61 Å². The molecule has 0 aliphatic heterocycles. The number of carboxylic acids is 1. The molecule has 100 valence electrons. The maximum absolute atomic E-state index is 13.9. The second-order valence-corrected chi connectivity index (χ2v) is 4.16. The number of benzene rings is 1. The van der Waals surface area contributed by atoms with Gasteiger partial charge in [-0.15, -0.1) is 0 Å². The molecule has 0 spiro atoms. The summed E-state index contributed by atoms with van der Waals surface area (Å²) in [5.74, 6) is -2.34. The minimum atomic E-state index is -1.28. The maximum Gasteiger partial charge on any atom is 0.374 e. The van der Waals surface area contributed by atoms with Crippen molar-refractivity contribution in [3.8, 4) is 11.3 Å². The van der Waals surface area contributed by atoms with Gasteiger partial charge in [0.15, 0.2) is 5.82 Å². The molecule has 0 aliphatic rings. The van der Waals surface area contributed by atoms with Crippen LogP contribution in [0.1, 0.15) is 16.1 Å². The second kappa shape index (κ2) is 5.38. The van der Waals surface area contributed by atoms with Gasteiger partial charge in [-0.1, -0.05) is 16.8 Å². The van der Waals surface area contributed by atoms with E-state index in [4.69, 9.17) is 21.4 Å². The van der Waals surface area contributed by atoms with E-state index in [9.17, 15) is 9.18 Å². The van der Waals surface area contributed by atoms with Crippen LogP contribution in [0.5, 0.6) is 0 Å². The summed E-state index contributed by atoms with van der Waals surface area (Å²) in [6.07, 6.45) is 0. The smallest absolute Gasteiger partial charge is 0.374 e. The zero-order valence-corrected chi connectivity index (χ0v) is 10.6. The molecular weight excluding hydrogens is 277 g/mol. The molecule has 0 atom stereocenters. The molecule has 2 rings (SSSR count). The Morgan fingerprint density at radius 1 is 1.53 bits per heavy atom. The third-order valence-electron chi connectivity index (χ3n) is 2.40. The number of rotatable bonds is 4. The lowest BCUT2D eigenvalue weighted by molar-refractivity contribution is 0.0652. The lowest BCUT2D eigenvalue weighted by Crippen LogP contribution is -1.94. The minimum Gasteiger partial charge on any atom is -0.475 e. The third kappa shape index (κ3) is 2.74. The summed E-state index contributed by atoms with van der Waals surface area (Å²) in [6.45, 7) is 0.247. The van der Waals surface area contributed by atoms with Gasteiger partial charge >= 0.3 is 5.97 Å². The van der Waals surface area contributed by atoms with Crippen molar-refractivity contribution >= 4 is 17.6 Å². The second-order valence-electron chi connectivity index (χ2n) is 3.75.